The molecule has 5 rings (SSSR count). The number of ether oxygens (including phenoxy) is 1. The molecule has 0 aromatic heterocycles. The Morgan fingerprint density at radius 1 is 1.15 bits per heavy atom. The third kappa shape index (κ3) is 3.08. The normalized spacial score (nSPS) is 38.6. The monoisotopic (exact) mass is 373 g/mol. The number of hydrogen-bond acceptors (Lipinski definition) is 4. The zero-order chi connectivity index (χ0) is 18.4. The molecule has 1 aromatic carbocycles. The zero-order valence-corrected chi connectivity index (χ0v) is 15.5. The van der Waals surface area contributed by atoms with Gasteiger partial charge in [0.1, 0.15) is 11.9 Å². The fraction of sp³-hybridized carbons (Fsp3) is 0.667. The summed E-state index contributed by atoms with van der Waals surface area (Å²) in [5.74, 6) is 1.43. The highest BCUT2D eigenvalue weighted by Gasteiger charge is 2.57. The van der Waals surface area contributed by atoms with Crippen molar-refractivity contribution in [2.45, 2.75) is 62.8 Å². The quantitative estimate of drug-likeness (QED) is 0.759. The van der Waals surface area contributed by atoms with Crippen LogP contribution in [0, 0.1) is 23.6 Å². The number of carbonyl (C=O) groups excluding carboxylic acids is 1. The third-order valence-corrected chi connectivity index (χ3v) is 7.19. The van der Waals surface area contributed by atoms with E-state index in [1.807, 2.05) is 6.07 Å². The van der Waals surface area contributed by atoms with E-state index in [0.717, 1.165) is 13.0 Å². The molecule has 2 saturated carbocycles. The van der Waals surface area contributed by atoms with Crippen LogP contribution in [0.5, 0.6) is 0 Å². The summed E-state index contributed by atoms with van der Waals surface area (Å²) >= 11 is 0. The predicted molar refractivity (Wildman–Crippen MR) is 99.0 cm³/mol. The number of carbonyl (C=O) groups is 1. The fourth-order valence-electron chi connectivity index (χ4n) is 5.81. The molecule has 2 aliphatic heterocycles. The largest absolute Gasteiger partial charge is 0.377 e. The SMILES string of the molecule is O=C(N[C@H]1[C@H]2CCO[C@H]2[C@H]1C1CCCC1)C1CC(c2ccccc2F)NN1. The highest BCUT2D eigenvalue weighted by molar-refractivity contribution is 5.82. The second kappa shape index (κ2) is 7.15. The van der Waals surface area contributed by atoms with E-state index in [0.29, 0.717) is 35.8 Å². The van der Waals surface area contributed by atoms with Gasteiger partial charge >= 0.3 is 0 Å². The standard InChI is InChI=1S/C21H28FN3O2/c22-15-8-4-3-7-13(15)16-11-17(25-24-16)21(26)23-19-14-9-10-27-20(14)18(19)12-5-1-2-6-12/h3-4,7-8,12,14,16-20,24-25H,1-2,5-6,9-11H2,(H,23,26)/t14-,16?,17?,18+,19+,20-/m1/s1. The first-order chi connectivity index (χ1) is 13.2. The van der Waals surface area contributed by atoms with Gasteiger partial charge in [-0.05, 0) is 24.8 Å². The van der Waals surface area contributed by atoms with Crippen LogP contribution in [0.25, 0.3) is 0 Å². The minimum atomic E-state index is -0.333. The average Bonchev–Trinajstić information content (AvgIpc) is 3.42. The van der Waals surface area contributed by atoms with Crippen molar-refractivity contribution in [2.75, 3.05) is 6.61 Å². The fourth-order valence-corrected chi connectivity index (χ4v) is 5.81. The van der Waals surface area contributed by atoms with E-state index in [2.05, 4.69) is 16.2 Å². The molecule has 146 valence electrons. The second-order valence-electron chi connectivity index (χ2n) is 8.60. The molecule has 2 unspecified atom stereocenters. The molecule has 2 aliphatic carbocycles. The van der Waals surface area contributed by atoms with Gasteiger partial charge in [0.2, 0.25) is 5.91 Å². The third-order valence-electron chi connectivity index (χ3n) is 7.19. The lowest BCUT2D eigenvalue weighted by Crippen LogP contribution is -2.65. The number of fused-ring (bicyclic) bond motifs is 1. The van der Waals surface area contributed by atoms with Gasteiger partial charge in [-0.15, -0.1) is 0 Å². The summed E-state index contributed by atoms with van der Waals surface area (Å²) in [6.07, 6.45) is 7.09. The van der Waals surface area contributed by atoms with Crippen LogP contribution in [0.4, 0.5) is 4.39 Å². The molecule has 0 spiro atoms. The molecule has 3 N–H and O–H groups in total. The van der Waals surface area contributed by atoms with E-state index >= 15 is 0 Å². The van der Waals surface area contributed by atoms with Gasteiger partial charge in [-0.1, -0.05) is 43.9 Å². The molecule has 27 heavy (non-hydrogen) atoms. The van der Waals surface area contributed by atoms with Gasteiger partial charge in [-0.2, -0.15) is 0 Å². The molecule has 2 saturated heterocycles. The van der Waals surface area contributed by atoms with Gasteiger partial charge in [0.05, 0.1) is 12.1 Å². The summed E-state index contributed by atoms with van der Waals surface area (Å²) in [5.41, 5.74) is 6.77. The lowest BCUT2D eigenvalue weighted by molar-refractivity contribution is -0.131. The van der Waals surface area contributed by atoms with Gasteiger partial charge < -0.3 is 10.1 Å². The molecule has 0 bridgehead atoms. The summed E-state index contributed by atoms with van der Waals surface area (Å²) in [4.78, 5) is 12.9. The van der Waals surface area contributed by atoms with Crippen molar-refractivity contribution >= 4 is 5.91 Å². The van der Waals surface area contributed by atoms with Gasteiger partial charge in [0.25, 0.3) is 0 Å². The smallest absolute Gasteiger partial charge is 0.238 e. The highest BCUT2D eigenvalue weighted by atomic mass is 19.1. The Morgan fingerprint density at radius 2 is 1.96 bits per heavy atom. The number of nitrogens with one attached hydrogen (secondary N) is 3. The van der Waals surface area contributed by atoms with Crippen LogP contribution in [0.1, 0.15) is 50.1 Å². The number of hydrogen-bond donors (Lipinski definition) is 3. The Kier molecular flexibility index (Phi) is 4.66. The highest BCUT2D eigenvalue weighted by Crippen LogP contribution is 2.51. The number of rotatable bonds is 4. The average molecular weight is 373 g/mol. The van der Waals surface area contributed by atoms with Crippen molar-refractivity contribution in [2.24, 2.45) is 17.8 Å². The zero-order valence-electron chi connectivity index (χ0n) is 15.5. The molecule has 4 aliphatic rings. The maximum Gasteiger partial charge on any atom is 0.238 e. The van der Waals surface area contributed by atoms with Gasteiger partial charge in [0.15, 0.2) is 0 Å². The Hall–Kier alpha value is -1.50. The van der Waals surface area contributed by atoms with Crippen LogP contribution in [-0.4, -0.2) is 30.7 Å². The van der Waals surface area contributed by atoms with Crippen LogP contribution < -0.4 is 16.2 Å². The lowest BCUT2D eigenvalue weighted by Gasteiger charge is -2.51. The summed E-state index contributed by atoms with van der Waals surface area (Å²) in [5, 5.41) is 3.33. The number of hydrazine groups is 1. The summed E-state index contributed by atoms with van der Waals surface area (Å²) in [6, 6.07) is 6.47. The number of benzene rings is 1. The minimum Gasteiger partial charge on any atom is -0.377 e. The van der Waals surface area contributed by atoms with Gasteiger partial charge in [-0.3, -0.25) is 4.79 Å². The molecule has 0 radical (unpaired) electrons. The predicted octanol–water partition coefficient (Wildman–Crippen LogP) is 2.44. The number of amides is 1. The second-order valence-corrected chi connectivity index (χ2v) is 8.60. The summed E-state index contributed by atoms with van der Waals surface area (Å²) in [7, 11) is 0. The van der Waals surface area contributed by atoms with E-state index in [4.69, 9.17) is 4.74 Å². The Morgan fingerprint density at radius 3 is 2.78 bits per heavy atom. The first-order valence-electron chi connectivity index (χ1n) is 10.4. The van der Waals surface area contributed by atoms with Crippen LogP contribution in [0.15, 0.2) is 24.3 Å². The lowest BCUT2D eigenvalue weighted by atomic mass is 9.61. The Bertz CT molecular complexity index is 704. The van der Waals surface area contributed by atoms with E-state index in [9.17, 15) is 9.18 Å². The molecule has 2 heterocycles. The van der Waals surface area contributed by atoms with Gasteiger partial charge in [-0.25, -0.2) is 15.2 Å². The van der Waals surface area contributed by atoms with Gasteiger partial charge in [0, 0.05) is 30.0 Å². The molecule has 6 atom stereocenters. The maximum atomic E-state index is 14.0. The molecule has 1 amide bonds. The molecule has 1 aromatic rings. The summed E-state index contributed by atoms with van der Waals surface area (Å²) in [6.45, 7) is 0.823. The molecular weight excluding hydrogens is 345 g/mol. The molecular formula is C21H28FN3O2. The summed E-state index contributed by atoms with van der Waals surface area (Å²) < 4.78 is 20.0. The van der Waals surface area contributed by atoms with Crippen molar-refractivity contribution in [3.05, 3.63) is 35.6 Å². The molecule has 5 nitrogen and oxygen atoms in total. The van der Waals surface area contributed by atoms with E-state index in [1.165, 1.54) is 31.7 Å². The molecule has 6 heteroatoms. The number of halogens is 1. The Balaban J connectivity index is 1.23. The van der Waals surface area contributed by atoms with Crippen molar-refractivity contribution < 1.29 is 13.9 Å². The first kappa shape index (κ1) is 17.6. The first-order valence-corrected chi connectivity index (χ1v) is 10.4. The van der Waals surface area contributed by atoms with Crippen LogP contribution in [0.2, 0.25) is 0 Å². The van der Waals surface area contributed by atoms with Crippen molar-refractivity contribution in [1.82, 2.24) is 16.2 Å². The van der Waals surface area contributed by atoms with E-state index < -0.39 is 0 Å². The van der Waals surface area contributed by atoms with Crippen molar-refractivity contribution in [3.63, 3.8) is 0 Å². The van der Waals surface area contributed by atoms with Crippen LogP contribution in [0.3, 0.4) is 0 Å². The Labute approximate surface area is 159 Å². The van der Waals surface area contributed by atoms with Crippen LogP contribution in [-0.2, 0) is 9.53 Å². The van der Waals surface area contributed by atoms with E-state index in [-0.39, 0.29) is 29.8 Å². The minimum absolute atomic E-state index is 0.0275. The van der Waals surface area contributed by atoms with Crippen molar-refractivity contribution in [1.29, 1.82) is 0 Å². The van der Waals surface area contributed by atoms with Crippen molar-refractivity contribution in [3.8, 4) is 0 Å². The topological polar surface area (TPSA) is 62.4 Å². The van der Waals surface area contributed by atoms with Crippen LogP contribution >= 0.6 is 0 Å². The van der Waals surface area contributed by atoms with E-state index in [1.54, 1.807) is 12.1 Å². The maximum absolute atomic E-state index is 14.0. The molecule has 4 fully saturated rings.